The minimum absolute atomic E-state index is 0.0747. The highest BCUT2D eigenvalue weighted by atomic mass is 35.5. The molecular formula is C16H18ClN3. The fourth-order valence-corrected chi connectivity index (χ4v) is 3.65. The first-order valence-electron chi connectivity index (χ1n) is 7.16. The Kier molecular flexibility index (Phi) is 3.43. The van der Waals surface area contributed by atoms with Crippen LogP contribution in [0.5, 0.6) is 0 Å². The molecule has 2 aromatic rings. The molecule has 1 fully saturated rings. The Morgan fingerprint density at radius 1 is 1.35 bits per heavy atom. The van der Waals surface area contributed by atoms with Gasteiger partial charge in [0, 0.05) is 5.54 Å². The summed E-state index contributed by atoms with van der Waals surface area (Å²) in [5.74, 6) is 1.27. The van der Waals surface area contributed by atoms with E-state index < -0.39 is 0 Å². The number of nitrogens with zero attached hydrogens (tertiary/aromatic N) is 3. The maximum atomic E-state index is 9.25. The molecule has 0 amide bonds. The molecule has 1 heterocycles. The Balaban J connectivity index is 2.26. The summed E-state index contributed by atoms with van der Waals surface area (Å²) in [4.78, 5) is 4.63. The summed E-state index contributed by atoms with van der Waals surface area (Å²) < 4.78 is 2.29. The number of fused-ring (bicyclic) bond motifs is 1. The maximum absolute atomic E-state index is 9.25. The van der Waals surface area contributed by atoms with E-state index in [4.69, 9.17) is 11.6 Å². The van der Waals surface area contributed by atoms with Gasteiger partial charge in [-0.25, -0.2) is 4.98 Å². The third-order valence-corrected chi connectivity index (χ3v) is 4.70. The Labute approximate surface area is 124 Å². The second-order valence-corrected chi connectivity index (χ2v) is 6.11. The number of rotatable bonds is 2. The summed E-state index contributed by atoms with van der Waals surface area (Å²) in [6.07, 6.45) is 6.10. The van der Waals surface area contributed by atoms with Crippen LogP contribution in [-0.4, -0.2) is 9.55 Å². The lowest BCUT2D eigenvalue weighted by Crippen LogP contribution is -2.33. The first kappa shape index (κ1) is 13.5. The second-order valence-electron chi connectivity index (χ2n) is 5.84. The van der Waals surface area contributed by atoms with Crippen LogP contribution >= 0.6 is 11.6 Å². The summed E-state index contributed by atoms with van der Waals surface area (Å²) >= 11 is 6.11. The molecule has 4 heteroatoms. The zero-order valence-electron chi connectivity index (χ0n) is 11.7. The molecule has 1 aromatic carbocycles. The Bertz CT molecular complexity index is 675. The van der Waals surface area contributed by atoms with Gasteiger partial charge in [-0.2, -0.15) is 5.26 Å². The minimum Gasteiger partial charge on any atom is -0.321 e. The smallest absolute Gasteiger partial charge is 0.125 e. The molecule has 0 N–H and O–H groups in total. The minimum atomic E-state index is 0.0747. The van der Waals surface area contributed by atoms with Gasteiger partial charge < -0.3 is 4.57 Å². The van der Waals surface area contributed by atoms with E-state index in [1.54, 1.807) is 0 Å². The van der Waals surface area contributed by atoms with Gasteiger partial charge in [0.15, 0.2) is 0 Å². The van der Waals surface area contributed by atoms with Crippen molar-refractivity contribution in [2.75, 3.05) is 0 Å². The maximum Gasteiger partial charge on any atom is 0.125 e. The number of imidazole rings is 1. The van der Waals surface area contributed by atoms with E-state index in [1.807, 2.05) is 12.1 Å². The van der Waals surface area contributed by atoms with Crippen molar-refractivity contribution >= 4 is 22.6 Å². The molecule has 20 heavy (non-hydrogen) atoms. The van der Waals surface area contributed by atoms with Crippen molar-refractivity contribution in [1.29, 1.82) is 5.26 Å². The van der Waals surface area contributed by atoms with Gasteiger partial charge in [0.1, 0.15) is 17.4 Å². The number of nitriles is 1. The van der Waals surface area contributed by atoms with Crippen LogP contribution in [0.2, 0.25) is 0 Å². The van der Waals surface area contributed by atoms with Gasteiger partial charge in [-0.05, 0) is 31.9 Å². The first-order valence-corrected chi connectivity index (χ1v) is 7.70. The zero-order chi connectivity index (χ0) is 14.2. The third kappa shape index (κ3) is 1.99. The molecule has 1 aromatic heterocycles. The lowest BCUT2D eigenvalue weighted by Gasteiger charge is -2.36. The summed E-state index contributed by atoms with van der Waals surface area (Å²) in [5.41, 5.74) is 2.54. The molecule has 0 unspecified atom stereocenters. The lowest BCUT2D eigenvalue weighted by atomic mass is 9.83. The number of hydrogen-bond donors (Lipinski definition) is 0. The van der Waals surface area contributed by atoms with Crippen LogP contribution in [0, 0.1) is 11.3 Å². The molecule has 0 saturated heterocycles. The van der Waals surface area contributed by atoms with Crippen LogP contribution in [0.1, 0.15) is 50.4 Å². The van der Waals surface area contributed by atoms with Crippen LogP contribution in [0.3, 0.4) is 0 Å². The van der Waals surface area contributed by atoms with Gasteiger partial charge in [-0.3, -0.25) is 0 Å². The molecule has 0 radical (unpaired) electrons. The monoisotopic (exact) mass is 287 g/mol. The molecule has 0 spiro atoms. The Morgan fingerprint density at radius 3 is 2.75 bits per heavy atom. The molecule has 3 rings (SSSR count). The number of aromatic nitrogens is 2. The highest BCUT2D eigenvalue weighted by molar-refractivity contribution is 6.16. The quantitative estimate of drug-likeness (QED) is 0.772. The van der Waals surface area contributed by atoms with Crippen molar-refractivity contribution in [2.24, 2.45) is 0 Å². The van der Waals surface area contributed by atoms with Crippen LogP contribution in [-0.2, 0) is 11.4 Å². The average molecular weight is 288 g/mol. The third-order valence-electron chi connectivity index (χ3n) is 4.47. The van der Waals surface area contributed by atoms with E-state index in [0.717, 1.165) is 29.7 Å². The average Bonchev–Trinajstić information content (AvgIpc) is 2.87. The molecule has 0 aliphatic heterocycles. The first-order chi connectivity index (χ1) is 9.69. The van der Waals surface area contributed by atoms with Gasteiger partial charge in [0.25, 0.3) is 0 Å². The van der Waals surface area contributed by atoms with Crippen molar-refractivity contribution < 1.29 is 0 Å². The lowest BCUT2D eigenvalue weighted by molar-refractivity contribution is 0.220. The highest BCUT2D eigenvalue weighted by Crippen LogP contribution is 2.38. The molecule has 1 saturated carbocycles. The largest absolute Gasteiger partial charge is 0.321 e. The normalized spacial score (nSPS) is 18.1. The van der Waals surface area contributed by atoms with E-state index in [9.17, 15) is 5.26 Å². The highest BCUT2D eigenvalue weighted by Gasteiger charge is 2.32. The van der Waals surface area contributed by atoms with Gasteiger partial charge in [-0.1, -0.05) is 25.3 Å². The number of hydrogen-bond acceptors (Lipinski definition) is 2. The molecular weight excluding hydrogens is 270 g/mol. The van der Waals surface area contributed by atoms with Crippen LogP contribution in [0.15, 0.2) is 18.2 Å². The van der Waals surface area contributed by atoms with E-state index in [-0.39, 0.29) is 5.54 Å². The van der Waals surface area contributed by atoms with Gasteiger partial charge >= 0.3 is 0 Å². The number of halogens is 1. The molecule has 3 nitrogen and oxygen atoms in total. The summed E-state index contributed by atoms with van der Waals surface area (Å²) in [5, 5.41) is 9.25. The van der Waals surface area contributed by atoms with E-state index in [2.05, 4.69) is 28.6 Å². The predicted octanol–water partition coefficient (Wildman–Crippen LogP) is 4.33. The summed E-state index contributed by atoms with van der Waals surface area (Å²) in [6.45, 7) is 2.29. The van der Waals surface area contributed by atoms with Crippen molar-refractivity contribution in [3.63, 3.8) is 0 Å². The van der Waals surface area contributed by atoms with Crippen molar-refractivity contribution in [3.05, 3.63) is 29.6 Å². The van der Waals surface area contributed by atoms with E-state index in [0.29, 0.717) is 11.4 Å². The number of para-hydroxylation sites is 1. The molecule has 1 aliphatic rings. The number of benzene rings is 1. The molecule has 104 valence electrons. The molecule has 0 atom stereocenters. The molecule has 0 bridgehead atoms. The topological polar surface area (TPSA) is 41.6 Å². The zero-order valence-corrected chi connectivity index (χ0v) is 12.5. The van der Waals surface area contributed by atoms with Crippen molar-refractivity contribution in [2.45, 2.75) is 50.4 Å². The van der Waals surface area contributed by atoms with Crippen LogP contribution < -0.4 is 0 Å². The number of alkyl halides is 1. The molecule has 1 aliphatic carbocycles. The van der Waals surface area contributed by atoms with Crippen molar-refractivity contribution in [1.82, 2.24) is 9.55 Å². The summed E-state index contributed by atoms with van der Waals surface area (Å²) in [7, 11) is 0. The fraction of sp³-hybridized carbons (Fsp3) is 0.500. The Hall–Kier alpha value is -1.53. The van der Waals surface area contributed by atoms with E-state index in [1.165, 1.54) is 19.3 Å². The fourth-order valence-electron chi connectivity index (χ4n) is 3.47. The van der Waals surface area contributed by atoms with Crippen LogP contribution in [0.25, 0.3) is 11.0 Å². The van der Waals surface area contributed by atoms with Gasteiger partial charge in [0.2, 0.25) is 0 Å². The van der Waals surface area contributed by atoms with E-state index >= 15 is 0 Å². The summed E-state index contributed by atoms with van der Waals surface area (Å²) in [6, 6.07) is 8.04. The van der Waals surface area contributed by atoms with Gasteiger partial charge in [-0.15, -0.1) is 11.6 Å². The van der Waals surface area contributed by atoms with Crippen LogP contribution in [0.4, 0.5) is 0 Å². The van der Waals surface area contributed by atoms with Gasteiger partial charge in [0.05, 0.1) is 17.0 Å². The van der Waals surface area contributed by atoms with Crippen molar-refractivity contribution in [3.8, 4) is 6.07 Å². The Morgan fingerprint density at radius 2 is 2.10 bits per heavy atom. The second kappa shape index (κ2) is 5.10. The standard InChI is InChI=1S/C16H18ClN3/c1-16(8-3-2-4-9-16)20-13-7-5-6-12(11-18)15(13)19-14(20)10-17/h5-7H,2-4,8-10H2,1H3. The SMILES string of the molecule is CC1(n2c(CCl)nc3c(C#N)cccc32)CCCCC1. The predicted molar refractivity (Wildman–Crippen MR) is 80.7 cm³/mol.